The summed E-state index contributed by atoms with van der Waals surface area (Å²) in [5.74, 6) is 0.775. The first-order chi connectivity index (χ1) is 7.80. The lowest BCUT2D eigenvalue weighted by molar-refractivity contribution is -0.122. The molecule has 3 N–H and O–H groups in total. The van der Waals surface area contributed by atoms with Crippen LogP contribution in [0.5, 0.6) is 0 Å². The van der Waals surface area contributed by atoms with Crippen LogP contribution in [0.15, 0.2) is 0 Å². The summed E-state index contributed by atoms with van der Waals surface area (Å²) in [5.41, 5.74) is 6.01. The van der Waals surface area contributed by atoms with E-state index in [9.17, 15) is 4.79 Å². The Bertz CT molecular complexity index is 251. The topological polar surface area (TPSA) is 55.1 Å². The van der Waals surface area contributed by atoms with Gasteiger partial charge in [-0.1, -0.05) is 33.6 Å². The molecular formula is C14H28N2O. The lowest BCUT2D eigenvalue weighted by Gasteiger charge is -2.28. The van der Waals surface area contributed by atoms with Crippen LogP contribution in [0, 0.1) is 11.3 Å². The minimum Gasteiger partial charge on any atom is -0.353 e. The average molecular weight is 240 g/mol. The van der Waals surface area contributed by atoms with Crippen LogP contribution in [0.4, 0.5) is 0 Å². The molecule has 0 saturated heterocycles. The van der Waals surface area contributed by atoms with Crippen molar-refractivity contribution in [3.8, 4) is 0 Å². The zero-order valence-corrected chi connectivity index (χ0v) is 11.8. The van der Waals surface area contributed by atoms with Crippen molar-refractivity contribution in [1.82, 2.24) is 5.32 Å². The van der Waals surface area contributed by atoms with E-state index in [0.717, 1.165) is 0 Å². The fourth-order valence-corrected chi connectivity index (χ4v) is 2.39. The fraction of sp³-hybridized carbons (Fsp3) is 0.929. The number of hydrogen-bond donors (Lipinski definition) is 2. The zero-order valence-electron chi connectivity index (χ0n) is 11.8. The Kier molecular flexibility index (Phi) is 4.99. The third kappa shape index (κ3) is 4.66. The second-order valence-corrected chi connectivity index (χ2v) is 6.58. The van der Waals surface area contributed by atoms with Gasteiger partial charge in [0.15, 0.2) is 0 Å². The average Bonchev–Trinajstić information content (AvgIpc) is 2.68. The number of hydrogen-bond acceptors (Lipinski definition) is 2. The minimum absolute atomic E-state index is 0.00602. The van der Waals surface area contributed by atoms with Crippen LogP contribution in [0.3, 0.4) is 0 Å². The molecule has 1 fully saturated rings. The first kappa shape index (κ1) is 14.5. The molecule has 0 bridgehead atoms. The summed E-state index contributed by atoms with van der Waals surface area (Å²) in [6.45, 7) is 8.35. The lowest BCUT2D eigenvalue weighted by atomic mass is 9.85. The van der Waals surface area contributed by atoms with E-state index in [4.69, 9.17) is 5.73 Å². The quantitative estimate of drug-likeness (QED) is 0.793. The Hall–Kier alpha value is -0.570. The van der Waals surface area contributed by atoms with Crippen molar-refractivity contribution >= 4 is 5.91 Å². The number of carbonyl (C=O) groups excluding carboxylic acids is 1. The van der Waals surface area contributed by atoms with E-state index in [1.54, 1.807) is 0 Å². The van der Waals surface area contributed by atoms with Crippen molar-refractivity contribution in [3.63, 3.8) is 0 Å². The molecule has 1 saturated carbocycles. The van der Waals surface area contributed by atoms with Crippen molar-refractivity contribution in [2.45, 2.75) is 71.9 Å². The zero-order chi connectivity index (χ0) is 13.1. The Morgan fingerprint density at radius 2 is 1.88 bits per heavy atom. The minimum atomic E-state index is -0.0710. The van der Waals surface area contributed by atoms with Crippen molar-refractivity contribution in [2.24, 2.45) is 17.1 Å². The number of carbonyl (C=O) groups is 1. The van der Waals surface area contributed by atoms with E-state index in [1.165, 1.54) is 25.7 Å². The van der Waals surface area contributed by atoms with Gasteiger partial charge in [0.25, 0.3) is 0 Å². The second kappa shape index (κ2) is 5.85. The Morgan fingerprint density at radius 1 is 1.35 bits per heavy atom. The van der Waals surface area contributed by atoms with E-state index in [0.29, 0.717) is 18.4 Å². The highest BCUT2D eigenvalue weighted by Crippen LogP contribution is 2.27. The Morgan fingerprint density at radius 3 is 2.35 bits per heavy atom. The molecule has 0 aliphatic heterocycles. The predicted octanol–water partition coefficient (Wildman–Crippen LogP) is 2.44. The fourth-order valence-electron chi connectivity index (χ4n) is 2.39. The summed E-state index contributed by atoms with van der Waals surface area (Å²) in [6, 6.07) is 0.232. The first-order valence-corrected chi connectivity index (χ1v) is 6.85. The summed E-state index contributed by atoms with van der Waals surface area (Å²) in [4.78, 5) is 11.9. The van der Waals surface area contributed by atoms with Gasteiger partial charge in [-0.05, 0) is 31.1 Å². The number of nitrogens with one attached hydrogen (secondary N) is 1. The highest BCUT2D eigenvalue weighted by molar-refractivity contribution is 5.77. The molecule has 1 aliphatic carbocycles. The van der Waals surface area contributed by atoms with Gasteiger partial charge in [-0.15, -0.1) is 0 Å². The van der Waals surface area contributed by atoms with Gasteiger partial charge < -0.3 is 11.1 Å². The van der Waals surface area contributed by atoms with Gasteiger partial charge in [0, 0.05) is 18.5 Å². The summed E-state index contributed by atoms with van der Waals surface area (Å²) in [5, 5.41) is 3.11. The van der Waals surface area contributed by atoms with E-state index >= 15 is 0 Å². The molecule has 0 aromatic rings. The Labute approximate surface area is 106 Å². The standard InChI is InChI=1S/C14H28N2O/c1-10(11-7-5-6-8-11)16-13(17)9-12(15)14(2,3)4/h10-12H,5-9,15H2,1-4H3,(H,16,17). The normalized spacial score (nSPS) is 21.2. The largest absolute Gasteiger partial charge is 0.353 e. The van der Waals surface area contributed by atoms with Gasteiger partial charge in [0.1, 0.15) is 0 Å². The summed E-state index contributed by atoms with van der Waals surface area (Å²) >= 11 is 0. The van der Waals surface area contributed by atoms with Crippen molar-refractivity contribution in [3.05, 3.63) is 0 Å². The molecule has 100 valence electrons. The molecule has 3 heteroatoms. The molecule has 0 aromatic heterocycles. The maximum absolute atomic E-state index is 11.9. The smallest absolute Gasteiger partial charge is 0.221 e. The molecular weight excluding hydrogens is 212 g/mol. The van der Waals surface area contributed by atoms with Gasteiger partial charge in [0.2, 0.25) is 5.91 Å². The second-order valence-electron chi connectivity index (χ2n) is 6.58. The SMILES string of the molecule is CC(NC(=O)CC(N)C(C)(C)C)C1CCCC1. The first-order valence-electron chi connectivity index (χ1n) is 6.85. The van der Waals surface area contributed by atoms with Crippen LogP contribution in [-0.2, 0) is 4.79 Å². The van der Waals surface area contributed by atoms with Crippen LogP contribution >= 0.6 is 0 Å². The van der Waals surface area contributed by atoms with Gasteiger partial charge in [-0.2, -0.15) is 0 Å². The molecule has 2 atom stereocenters. The lowest BCUT2D eigenvalue weighted by Crippen LogP contribution is -2.43. The number of amides is 1. The molecule has 0 spiro atoms. The maximum atomic E-state index is 11.9. The van der Waals surface area contributed by atoms with Crippen molar-refractivity contribution in [2.75, 3.05) is 0 Å². The third-order valence-electron chi connectivity index (χ3n) is 4.01. The highest BCUT2D eigenvalue weighted by atomic mass is 16.1. The number of rotatable bonds is 4. The van der Waals surface area contributed by atoms with Crippen LogP contribution in [0.1, 0.15) is 59.8 Å². The molecule has 1 amide bonds. The van der Waals surface area contributed by atoms with E-state index < -0.39 is 0 Å². The van der Waals surface area contributed by atoms with Crippen LogP contribution < -0.4 is 11.1 Å². The van der Waals surface area contributed by atoms with Gasteiger partial charge in [-0.25, -0.2) is 0 Å². The predicted molar refractivity (Wildman–Crippen MR) is 71.6 cm³/mol. The summed E-state index contributed by atoms with van der Waals surface area (Å²) < 4.78 is 0. The van der Waals surface area contributed by atoms with Crippen LogP contribution in [0.2, 0.25) is 0 Å². The van der Waals surface area contributed by atoms with E-state index in [1.807, 2.05) is 0 Å². The van der Waals surface area contributed by atoms with Crippen LogP contribution in [0.25, 0.3) is 0 Å². The highest BCUT2D eigenvalue weighted by Gasteiger charge is 2.26. The maximum Gasteiger partial charge on any atom is 0.221 e. The van der Waals surface area contributed by atoms with Gasteiger partial charge in [-0.3, -0.25) is 4.79 Å². The molecule has 0 heterocycles. The molecule has 0 radical (unpaired) electrons. The molecule has 1 aliphatic rings. The molecule has 1 rings (SSSR count). The summed E-state index contributed by atoms with van der Waals surface area (Å²) in [6.07, 6.45) is 5.57. The van der Waals surface area contributed by atoms with Crippen LogP contribution in [-0.4, -0.2) is 18.0 Å². The molecule has 2 unspecified atom stereocenters. The van der Waals surface area contributed by atoms with Crippen molar-refractivity contribution in [1.29, 1.82) is 0 Å². The molecule has 17 heavy (non-hydrogen) atoms. The number of nitrogens with two attached hydrogens (primary N) is 1. The monoisotopic (exact) mass is 240 g/mol. The van der Waals surface area contributed by atoms with E-state index in [-0.39, 0.29) is 17.4 Å². The van der Waals surface area contributed by atoms with Gasteiger partial charge in [0.05, 0.1) is 0 Å². The third-order valence-corrected chi connectivity index (χ3v) is 4.01. The molecule has 3 nitrogen and oxygen atoms in total. The van der Waals surface area contributed by atoms with E-state index in [2.05, 4.69) is 33.0 Å². The van der Waals surface area contributed by atoms with Crippen molar-refractivity contribution < 1.29 is 4.79 Å². The molecule has 0 aromatic carbocycles. The summed E-state index contributed by atoms with van der Waals surface area (Å²) in [7, 11) is 0. The Balaban J connectivity index is 2.33. The van der Waals surface area contributed by atoms with Gasteiger partial charge >= 0.3 is 0 Å².